The van der Waals surface area contributed by atoms with Crippen molar-refractivity contribution < 1.29 is 4.79 Å². The highest BCUT2D eigenvalue weighted by Crippen LogP contribution is 2.28. The quantitative estimate of drug-likeness (QED) is 0.420. The lowest BCUT2D eigenvalue weighted by Crippen LogP contribution is -2.22. The summed E-state index contributed by atoms with van der Waals surface area (Å²) in [7, 11) is 0. The van der Waals surface area contributed by atoms with Gasteiger partial charge in [0.15, 0.2) is 0 Å². The predicted octanol–water partition coefficient (Wildman–Crippen LogP) is 5.11. The number of benzene rings is 1. The number of thiophene rings is 1. The lowest BCUT2D eigenvalue weighted by atomic mass is 10.2. The van der Waals surface area contributed by atoms with Crippen LogP contribution in [0.25, 0.3) is 16.5 Å². The first-order valence-electron chi connectivity index (χ1n) is 9.38. The highest BCUT2D eigenvalue weighted by atomic mass is 35.5. The molecule has 0 saturated heterocycles. The summed E-state index contributed by atoms with van der Waals surface area (Å²) in [5, 5.41) is 9.95. The van der Waals surface area contributed by atoms with Gasteiger partial charge in [-0.1, -0.05) is 36.2 Å². The molecule has 10 heteroatoms. The zero-order valence-corrected chi connectivity index (χ0v) is 18.9. The molecule has 4 rings (SSSR count). The van der Waals surface area contributed by atoms with Crippen LogP contribution < -0.4 is 10.9 Å². The molecule has 7 nitrogen and oxygen atoms in total. The van der Waals surface area contributed by atoms with Gasteiger partial charge in [-0.25, -0.2) is 4.98 Å². The van der Waals surface area contributed by atoms with Crippen LogP contribution in [0.4, 0.5) is 5.82 Å². The average Bonchev–Trinajstić information content (AvgIpc) is 3.39. The molecule has 0 aliphatic heterocycles. The second kappa shape index (κ2) is 8.66. The van der Waals surface area contributed by atoms with Gasteiger partial charge in [0.25, 0.3) is 11.5 Å². The number of nitrogens with zero attached hydrogens (tertiary/aromatic N) is 3. The van der Waals surface area contributed by atoms with Crippen molar-refractivity contribution in [1.29, 1.82) is 0 Å². The zero-order valence-electron chi connectivity index (χ0n) is 16.6. The van der Waals surface area contributed by atoms with Crippen molar-refractivity contribution in [3.05, 3.63) is 79.0 Å². The normalized spacial score (nSPS) is 11.0. The molecule has 0 aliphatic carbocycles. The van der Waals surface area contributed by atoms with Gasteiger partial charge in [-0.3, -0.25) is 14.6 Å². The van der Waals surface area contributed by atoms with E-state index in [1.54, 1.807) is 25.1 Å². The first kappa shape index (κ1) is 21.3. The Bertz CT molecular complexity index is 1330. The molecule has 0 bridgehead atoms. The number of aromatic nitrogens is 4. The number of hydrogen-bond donors (Lipinski definition) is 2. The third-order valence-electron chi connectivity index (χ3n) is 4.66. The molecule has 0 saturated carbocycles. The van der Waals surface area contributed by atoms with Crippen molar-refractivity contribution in [3.8, 4) is 16.5 Å². The fourth-order valence-electron chi connectivity index (χ4n) is 3.14. The molecular formula is C21H17Cl2N5O2S. The molecule has 0 aliphatic rings. The number of aromatic amines is 1. The van der Waals surface area contributed by atoms with Crippen molar-refractivity contribution in [3.63, 3.8) is 0 Å². The minimum Gasteiger partial charge on any atom is -0.306 e. The number of rotatable bonds is 5. The van der Waals surface area contributed by atoms with Crippen molar-refractivity contribution >= 4 is 46.3 Å². The minimum absolute atomic E-state index is 0.204. The van der Waals surface area contributed by atoms with Gasteiger partial charge in [-0.2, -0.15) is 9.78 Å². The Kier molecular flexibility index (Phi) is 5.95. The third-order valence-corrected chi connectivity index (χ3v) is 6.12. The van der Waals surface area contributed by atoms with Gasteiger partial charge < -0.3 is 5.32 Å². The Hall–Kier alpha value is -2.94. The first-order chi connectivity index (χ1) is 14.9. The standard InChI is InChI=1S/C21H17Cl2N5O2S/c1-3-13-11(2)24-21(26-19(13)29)28-18(10-16(27-28)17-5-4-8-31-17)25-20(30)14-9-12(22)6-7-15(14)23/h4-10H,3H2,1-2H3,(H,25,30)(H,24,26,29). The number of nitrogens with one attached hydrogen (secondary N) is 2. The summed E-state index contributed by atoms with van der Waals surface area (Å²) in [6.07, 6.45) is 0.560. The maximum atomic E-state index is 12.9. The summed E-state index contributed by atoms with van der Waals surface area (Å²) in [6, 6.07) is 10.2. The van der Waals surface area contributed by atoms with E-state index >= 15 is 0 Å². The molecular weight excluding hydrogens is 457 g/mol. The van der Waals surface area contributed by atoms with Crippen LogP contribution in [0.2, 0.25) is 10.0 Å². The Morgan fingerprint density at radius 2 is 2.06 bits per heavy atom. The second-order valence-electron chi connectivity index (χ2n) is 6.69. The van der Waals surface area contributed by atoms with E-state index in [0.717, 1.165) is 4.88 Å². The van der Waals surface area contributed by atoms with Gasteiger partial charge in [0.1, 0.15) is 11.5 Å². The molecule has 0 atom stereocenters. The van der Waals surface area contributed by atoms with E-state index < -0.39 is 5.91 Å². The van der Waals surface area contributed by atoms with Gasteiger partial charge in [-0.05, 0) is 43.0 Å². The van der Waals surface area contributed by atoms with Crippen LogP contribution in [-0.4, -0.2) is 25.7 Å². The van der Waals surface area contributed by atoms with Gasteiger partial charge in [0.05, 0.1) is 15.5 Å². The van der Waals surface area contributed by atoms with Crippen LogP contribution >= 0.6 is 34.5 Å². The van der Waals surface area contributed by atoms with Crippen molar-refractivity contribution in [2.45, 2.75) is 20.3 Å². The lowest BCUT2D eigenvalue weighted by Gasteiger charge is -2.10. The summed E-state index contributed by atoms with van der Waals surface area (Å²) in [6.45, 7) is 3.66. The van der Waals surface area contributed by atoms with Crippen LogP contribution in [0, 0.1) is 6.92 Å². The number of H-pyrrole nitrogens is 1. The molecule has 0 radical (unpaired) electrons. The molecule has 3 heterocycles. The fraction of sp³-hybridized carbons (Fsp3) is 0.143. The number of carbonyl (C=O) groups excluding carboxylic acids is 1. The van der Waals surface area contributed by atoms with E-state index in [4.69, 9.17) is 23.2 Å². The number of hydrogen-bond acceptors (Lipinski definition) is 5. The summed E-state index contributed by atoms with van der Waals surface area (Å²) in [4.78, 5) is 33.5. The molecule has 0 fully saturated rings. The molecule has 0 spiro atoms. The van der Waals surface area contributed by atoms with Gasteiger partial charge in [-0.15, -0.1) is 11.3 Å². The Balaban J connectivity index is 1.81. The van der Waals surface area contributed by atoms with Gasteiger partial charge >= 0.3 is 0 Å². The topological polar surface area (TPSA) is 92.7 Å². The van der Waals surface area contributed by atoms with Crippen molar-refractivity contribution in [2.75, 3.05) is 5.32 Å². The number of halogens is 2. The van der Waals surface area contributed by atoms with Crippen LogP contribution in [0.15, 0.2) is 46.6 Å². The number of aryl methyl sites for hydroxylation is 1. The molecule has 3 aromatic heterocycles. The molecule has 4 aromatic rings. The SMILES string of the molecule is CCc1c(C)nc(-n2nc(-c3cccs3)cc2NC(=O)c2cc(Cl)ccc2Cl)[nH]c1=O. The maximum Gasteiger partial charge on any atom is 0.258 e. The van der Waals surface area contributed by atoms with Gasteiger partial charge in [0, 0.05) is 22.3 Å². The van der Waals surface area contributed by atoms with Crippen LogP contribution in [0.5, 0.6) is 0 Å². The van der Waals surface area contributed by atoms with Crippen LogP contribution in [0.3, 0.4) is 0 Å². The van der Waals surface area contributed by atoms with E-state index in [2.05, 4.69) is 20.4 Å². The monoisotopic (exact) mass is 473 g/mol. The molecule has 1 aromatic carbocycles. The maximum absolute atomic E-state index is 12.9. The lowest BCUT2D eigenvalue weighted by molar-refractivity contribution is 0.102. The van der Waals surface area contributed by atoms with Crippen molar-refractivity contribution in [2.24, 2.45) is 0 Å². The van der Waals surface area contributed by atoms with Crippen molar-refractivity contribution in [1.82, 2.24) is 19.7 Å². The van der Waals surface area contributed by atoms with E-state index in [9.17, 15) is 9.59 Å². The van der Waals surface area contributed by atoms with Gasteiger partial charge in [0.2, 0.25) is 5.95 Å². The Labute approximate surface area is 191 Å². The van der Waals surface area contributed by atoms with E-state index in [1.807, 2.05) is 24.4 Å². The number of amides is 1. The largest absolute Gasteiger partial charge is 0.306 e. The minimum atomic E-state index is -0.462. The van der Waals surface area contributed by atoms with E-state index in [1.165, 1.54) is 22.1 Å². The van der Waals surface area contributed by atoms with Crippen LogP contribution in [-0.2, 0) is 6.42 Å². The first-order valence-corrected chi connectivity index (χ1v) is 11.0. The molecule has 31 heavy (non-hydrogen) atoms. The van der Waals surface area contributed by atoms with E-state index in [0.29, 0.717) is 34.2 Å². The molecule has 158 valence electrons. The predicted molar refractivity (Wildman–Crippen MR) is 124 cm³/mol. The summed E-state index contributed by atoms with van der Waals surface area (Å²) < 4.78 is 1.40. The summed E-state index contributed by atoms with van der Waals surface area (Å²) in [5.41, 5.74) is 1.81. The second-order valence-corrected chi connectivity index (χ2v) is 8.48. The average molecular weight is 474 g/mol. The fourth-order valence-corrected chi connectivity index (χ4v) is 4.20. The van der Waals surface area contributed by atoms with E-state index in [-0.39, 0.29) is 22.1 Å². The third kappa shape index (κ3) is 4.27. The Morgan fingerprint density at radius 3 is 2.74 bits per heavy atom. The Morgan fingerprint density at radius 1 is 1.26 bits per heavy atom. The molecule has 2 N–H and O–H groups in total. The zero-order chi connectivity index (χ0) is 22.1. The van der Waals surface area contributed by atoms with Crippen LogP contribution in [0.1, 0.15) is 28.5 Å². The smallest absolute Gasteiger partial charge is 0.258 e. The summed E-state index contributed by atoms with van der Waals surface area (Å²) in [5.74, 6) is 0.0712. The number of anilines is 1. The number of carbonyl (C=O) groups is 1. The summed E-state index contributed by atoms with van der Waals surface area (Å²) >= 11 is 13.7. The molecule has 1 amide bonds. The highest BCUT2D eigenvalue weighted by Gasteiger charge is 2.19. The highest BCUT2D eigenvalue weighted by molar-refractivity contribution is 7.13. The molecule has 0 unspecified atom stereocenters.